The summed E-state index contributed by atoms with van der Waals surface area (Å²) in [4.78, 5) is 0. The summed E-state index contributed by atoms with van der Waals surface area (Å²) in [6, 6.07) is 7.41. The fraction of sp³-hybridized carbons (Fsp3) is 0.571. The van der Waals surface area contributed by atoms with Gasteiger partial charge in [-0.2, -0.15) is 0 Å². The van der Waals surface area contributed by atoms with Crippen LogP contribution in [0.1, 0.15) is 18.4 Å². The molecule has 1 atom stereocenters. The second-order valence-electron chi connectivity index (χ2n) is 4.69. The molecule has 2 rings (SSSR count). The number of methoxy groups -OCH3 is 1. The first-order chi connectivity index (χ1) is 8.31. The van der Waals surface area contributed by atoms with Crippen LogP contribution < -0.4 is 5.32 Å². The first kappa shape index (κ1) is 12.5. The average Bonchev–Trinajstić information content (AvgIpc) is 3.14. The third-order valence-electron chi connectivity index (χ3n) is 3.30. The van der Waals surface area contributed by atoms with E-state index in [9.17, 15) is 4.39 Å². The minimum atomic E-state index is -0.107. The van der Waals surface area contributed by atoms with Crippen molar-refractivity contribution in [3.8, 4) is 0 Å². The summed E-state index contributed by atoms with van der Waals surface area (Å²) in [7, 11) is 1.73. The van der Waals surface area contributed by atoms with E-state index in [1.807, 2.05) is 12.1 Å². The number of ether oxygens (including phenoxy) is 1. The molecule has 0 bridgehead atoms. The molecule has 17 heavy (non-hydrogen) atoms. The normalized spacial score (nSPS) is 17.1. The Hall–Kier alpha value is -0.930. The maximum atomic E-state index is 13.4. The van der Waals surface area contributed by atoms with E-state index in [0.29, 0.717) is 6.04 Å². The Kier molecular flexibility index (Phi) is 4.51. The van der Waals surface area contributed by atoms with Crippen molar-refractivity contribution in [2.45, 2.75) is 25.3 Å². The van der Waals surface area contributed by atoms with Crippen molar-refractivity contribution in [1.29, 1.82) is 0 Å². The van der Waals surface area contributed by atoms with Gasteiger partial charge in [0.05, 0.1) is 6.61 Å². The number of hydrogen-bond donors (Lipinski definition) is 1. The van der Waals surface area contributed by atoms with Crippen LogP contribution in [-0.2, 0) is 11.2 Å². The van der Waals surface area contributed by atoms with Gasteiger partial charge in [0.15, 0.2) is 0 Å². The van der Waals surface area contributed by atoms with Crippen molar-refractivity contribution in [2.75, 3.05) is 20.3 Å². The van der Waals surface area contributed by atoms with E-state index in [2.05, 4.69) is 5.32 Å². The largest absolute Gasteiger partial charge is 0.383 e. The Morgan fingerprint density at radius 2 is 2.18 bits per heavy atom. The van der Waals surface area contributed by atoms with Gasteiger partial charge in [0.2, 0.25) is 0 Å². The average molecular weight is 237 g/mol. The summed E-state index contributed by atoms with van der Waals surface area (Å²) in [5, 5.41) is 3.47. The van der Waals surface area contributed by atoms with Crippen LogP contribution in [0.25, 0.3) is 0 Å². The molecule has 1 unspecified atom stereocenters. The fourth-order valence-corrected chi connectivity index (χ4v) is 2.13. The molecule has 0 spiro atoms. The molecule has 3 heteroatoms. The van der Waals surface area contributed by atoms with Gasteiger partial charge in [0, 0.05) is 13.2 Å². The molecule has 2 nitrogen and oxygen atoms in total. The van der Waals surface area contributed by atoms with Crippen molar-refractivity contribution in [3.63, 3.8) is 0 Å². The number of rotatable bonds is 7. The van der Waals surface area contributed by atoms with Crippen molar-refractivity contribution >= 4 is 0 Å². The van der Waals surface area contributed by atoms with E-state index in [0.717, 1.165) is 31.1 Å². The molecular formula is C14H20FNO. The van der Waals surface area contributed by atoms with Crippen LogP contribution in [0.15, 0.2) is 24.3 Å². The molecular weight excluding hydrogens is 217 g/mol. The summed E-state index contributed by atoms with van der Waals surface area (Å²) in [6.07, 6.45) is 3.32. The molecule has 1 aromatic carbocycles. The monoisotopic (exact) mass is 237 g/mol. The highest BCUT2D eigenvalue weighted by Crippen LogP contribution is 2.32. The van der Waals surface area contributed by atoms with Crippen molar-refractivity contribution in [2.24, 2.45) is 5.92 Å². The van der Waals surface area contributed by atoms with Crippen LogP contribution in [0.5, 0.6) is 0 Å². The number of benzene rings is 1. The Morgan fingerprint density at radius 1 is 1.41 bits per heavy atom. The molecule has 1 N–H and O–H groups in total. The standard InChI is InChI=1S/C14H20FNO/c1-17-10-14(12-6-7-12)16-9-8-11-4-2-3-5-13(11)15/h2-5,12,14,16H,6-10H2,1H3. The highest BCUT2D eigenvalue weighted by molar-refractivity contribution is 5.17. The lowest BCUT2D eigenvalue weighted by Crippen LogP contribution is -2.36. The molecule has 0 heterocycles. The van der Waals surface area contributed by atoms with Crippen LogP contribution in [0, 0.1) is 11.7 Å². The lowest BCUT2D eigenvalue weighted by atomic mass is 10.1. The van der Waals surface area contributed by atoms with Crippen LogP contribution in [0.2, 0.25) is 0 Å². The Balaban J connectivity index is 1.76. The zero-order valence-electron chi connectivity index (χ0n) is 10.3. The maximum Gasteiger partial charge on any atom is 0.126 e. The minimum Gasteiger partial charge on any atom is -0.383 e. The van der Waals surface area contributed by atoms with E-state index < -0.39 is 0 Å². The predicted molar refractivity (Wildman–Crippen MR) is 66.5 cm³/mol. The summed E-state index contributed by atoms with van der Waals surface area (Å²) >= 11 is 0. The molecule has 0 saturated heterocycles. The molecule has 0 radical (unpaired) electrons. The summed E-state index contributed by atoms with van der Waals surface area (Å²) < 4.78 is 18.6. The van der Waals surface area contributed by atoms with Crippen molar-refractivity contribution in [1.82, 2.24) is 5.32 Å². The lowest BCUT2D eigenvalue weighted by Gasteiger charge is -2.17. The van der Waals surface area contributed by atoms with Gasteiger partial charge in [0.25, 0.3) is 0 Å². The molecule has 1 aromatic rings. The van der Waals surface area contributed by atoms with Gasteiger partial charge in [0.1, 0.15) is 5.82 Å². The van der Waals surface area contributed by atoms with Gasteiger partial charge in [-0.25, -0.2) is 4.39 Å². The zero-order chi connectivity index (χ0) is 12.1. The van der Waals surface area contributed by atoms with E-state index >= 15 is 0 Å². The van der Waals surface area contributed by atoms with Gasteiger partial charge >= 0.3 is 0 Å². The first-order valence-corrected chi connectivity index (χ1v) is 6.27. The van der Waals surface area contributed by atoms with E-state index in [1.165, 1.54) is 18.9 Å². The fourth-order valence-electron chi connectivity index (χ4n) is 2.13. The summed E-state index contributed by atoms with van der Waals surface area (Å²) in [5.41, 5.74) is 0.784. The zero-order valence-corrected chi connectivity index (χ0v) is 10.3. The maximum absolute atomic E-state index is 13.4. The Bertz CT molecular complexity index is 352. The molecule has 1 fully saturated rings. The second kappa shape index (κ2) is 6.12. The molecule has 94 valence electrons. The number of halogens is 1. The smallest absolute Gasteiger partial charge is 0.126 e. The number of nitrogens with one attached hydrogen (secondary N) is 1. The third kappa shape index (κ3) is 3.79. The topological polar surface area (TPSA) is 21.3 Å². The van der Waals surface area contributed by atoms with Gasteiger partial charge in [-0.1, -0.05) is 18.2 Å². The quantitative estimate of drug-likeness (QED) is 0.786. The minimum absolute atomic E-state index is 0.107. The van der Waals surface area contributed by atoms with Gasteiger partial charge in [-0.05, 0) is 43.4 Å². The molecule has 1 aliphatic carbocycles. The van der Waals surface area contributed by atoms with Crippen LogP contribution in [0.4, 0.5) is 4.39 Å². The van der Waals surface area contributed by atoms with Gasteiger partial charge in [-0.15, -0.1) is 0 Å². The molecule has 0 aromatic heterocycles. The summed E-state index contributed by atoms with van der Waals surface area (Å²) in [5.74, 6) is 0.652. The van der Waals surface area contributed by atoms with Gasteiger partial charge < -0.3 is 10.1 Å². The van der Waals surface area contributed by atoms with Crippen molar-refractivity contribution in [3.05, 3.63) is 35.6 Å². The van der Waals surface area contributed by atoms with Crippen molar-refractivity contribution < 1.29 is 9.13 Å². The second-order valence-corrected chi connectivity index (χ2v) is 4.69. The lowest BCUT2D eigenvalue weighted by molar-refractivity contribution is 0.158. The molecule has 1 saturated carbocycles. The third-order valence-corrected chi connectivity index (χ3v) is 3.30. The Morgan fingerprint density at radius 3 is 2.82 bits per heavy atom. The first-order valence-electron chi connectivity index (χ1n) is 6.27. The predicted octanol–water partition coefficient (Wildman–Crippen LogP) is 2.38. The SMILES string of the molecule is COCC(NCCc1ccccc1F)C1CC1. The number of hydrogen-bond acceptors (Lipinski definition) is 2. The molecule has 0 amide bonds. The van der Waals surface area contributed by atoms with E-state index in [-0.39, 0.29) is 5.82 Å². The molecule has 0 aliphatic heterocycles. The van der Waals surface area contributed by atoms with Crippen LogP contribution in [-0.4, -0.2) is 26.3 Å². The summed E-state index contributed by atoms with van der Waals surface area (Å²) in [6.45, 7) is 1.56. The Labute approximate surface area is 102 Å². The highest BCUT2D eigenvalue weighted by Gasteiger charge is 2.30. The van der Waals surface area contributed by atoms with Gasteiger partial charge in [-0.3, -0.25) is 0 Å². The van der Waals surface area contributed by atoms with E-state index in [4.69, 9.17) is 4.74 Å². The van der Waals surface area contributed by atoms with Crippen LogP contribution >= 0.6 is 0 Å². The van der Waals surface area contributed by atoms with Crippen LogP contribution in [0.3, 0.4) is 0 Å². The molecule has 1 aliphatic rings. The van der Waals surface area contributed by atoms with E-state index in [1.54, 1.807) is 13.2 Å². The highest BCUT2D eigenvalue weighted by atomic mass is 19.1.